The van der Waals surface area contributed by atoms with Gasteiger partial charge in [-0.25, -0.2) is 0 Å². The molecule has 13 aromatic carbocycles. The molecule has 0 amide bonds. The molecule has 15 aromatic rings. The lowest BCUT2D eigenvalue weighted by Gasteiger charge is -2.26. The Morgan fingerprint density at radius 1 is 0.293 bits per heavy atom. The third kappa shape index (κ3) is 8.31. The number of rotatable bonds is 11. The zero-order chi connectivity index (χ0) is 54.7. The zero-order valence-electron chi connectivity index (χ0n) is 45.7. The van der Waals surface area contributed by atoms with Gasteiger partial charge in [-0.1, -0.05) is 218 Å². The van der Waals surface area contributed by atoms with Crippen LogP contribution < -0.4 is 9.80 Å². The first kappa shape index (κ1) is 48.4. The quantitative estimate of drug-likeness (QED) is 0.128. The highest BCUT2D eigenvalue weighted by molar-refractivity contribution is 6.24. The minimum atomic E-state index is 1.10. The fourth-order valence-electron chi connectivity index (χ4n) is 12.7. The van der Waals surface area contributed by atoms with Gasteiger partial charge in [-0.05, 0) is 146 Å². The molecule has 0 saturated heterocycles. The Morgan fingerprint density at radius 3 is 1.59 bits per heavy atom. The molecule has 388 valence electrons. The molecular formula is C78H56N4. The number of para-hydroxylation sites is 4. The molecule has 0 unspecified atom stereocenters. The number of anilines is 5. The van der Waals surface area contributed by atoms with Gasteiger partial charge in [-0.3, -0.25) is 0 Å². The van der Waals surface area contributed by atoms with Crippen molar-refractivity contribution in [1.29, 1.82) is 0 Å². The largest absolute Gasteiger partial charge is 0.343 e. The van der Waals surface area contributed by atoms with Crippen LogP contribution >= 0.6 is 0 Å². The molecule has 0 aliphatic heterocycles. The highest BCUT2D eigenvalue weighted by Crippen LogP contribution is 2.46. The Morgan fingerprint density at radius 2 is 0.817 bits per heavy atom. The Balaban J connectivity index is 0.786. The fraction of sp³-hybridized carbons (Fsp3) is 0.0256. The Bertz CT molecular complexity index is 4860. The normalized spacial score (nSPS) is 11.5. The number of aryl methyl sites for hydroxylation is 1. The molecule has 0 aliphatic carbocycles. The Labute approximate surface area is 477 Å². The van der Waals surface area contributed by atoms with Gasteiger partial charge in [0.1, 0.15) is 0 Å². The van der Waals surface area contributed by atoms with Crippen LogP contribution in [0.2, 0.25) is 0 Å². The summed E-state index contributed by atoms with van der Waals surface area (Å²) in [4.78, 5) is 4.65. The van der Waals surface area contributed by atoms with Crippen LogP contribution in [-0.2, 0) is 7.05 Å². The van der Waals surface area contributed by atoms with E-state index in [1.54, 1.807) is 0 Å². The van der Waals surface area contributed by atoms with E-state index in [0.717, 1.165) is 39.7 Å². The minimum absolute atomic E-state index is 1.10. The van der Waals surface area contributed by atoms with E-state index in [9.17, 15) is 0 Å². The van der Waals surface area contributed by atoms with Gasteiger partial charge in [-0.2, -0.15) is 0 Å². The molecule has 82 heavy (non-hydrogen) atoms. The van der Waals surface area contributed by atoms with Crippen LogP contribution in [0.1, 0.15) is 0 Å². The van der Waals surface area contributed by atoms with E-state index >= 15 is 0 Å². The second kappa shape index (κ2) is 20.2. The van der Waals surface area contributed by atoms with Crippen LogP contribution in [0.4, 0.5) is 28.4 Å². The van der Waals surface area contributed by atoms with E-state index in [2.05, 4.69) is 336 Å². The number of fused-ring (bicyclic) bond motifs is 8. The summed E-state index contributed by atoms with van der Waals surface area (Å²) in [6.45, 7) is 0. The van der Waals surface area contributed by atoms with Gasteiger partial charge >= 0.3 is 0 Å². The van der Waals surface area contributed by atoms with Crippen LogP contribution in [0.5, 0.6) is 0 Å². The lowest BCUT2D eigenvalue weighted by Crippen LogP contribution is -2.11. The van der Waals surface area contributed by atoms with Gasteiger partial charge < -0.3 is 18.9 Å². The van der Waals surface area contributed by atoms with E-state index in [1.807, 2.05) is 0 Å². The topological polar surface area (TPSA) is 16.3 Å². The van der Waals surface area contributed by atoms with Crippen molar-refractivity contribution in [3.05, 3.63) is 303 Å². The molecule has 0 fully saturated rings. The predicted molar refractivity (Wildman–Crippen MR) is 349 cm³/mol. The SMILES string of the molecule is CN(c1ccccc1)c1cccc2c3c4ccccc4ccc3n(-c3cccc(-c4cccc(-c5ccc(-c6ccc(-c7ccc(N(c8ccccc8)c8cccc(-c9ccccc9)c8)cc7)cc6)c6c5c5ccccc5n6C)c4)c3)c12. The molecule has 0 aliphatic rings. The van der Waals surface area contributed by atoms with Crippen molar-refractivity contribution >= 4 is 82.8 Å². The smallest absolute Gasteiger partial charge is 0.0778 e. The third-order valence-electron chi connectivity index (χ3n) is 16.7. The summed E-state index contributed by atoms with van der Waals surface area (Å²) in [5, 5.41) is 7.49. The maximum absolute atomic E-state index is 2.48. The lowest BCUT2D eigenvalue weighted by molar-refractivity contribution is 1.02. The molecule has 0 radical (unpaired) electrons. The molecule has 0 bridgehead atoms. The molecule has 0 atom stereocenters. The van der Waals surface area contributed by atoms with Gasteiger partial charge in [0.05, 0.1) is 22.2 Å². The van der Waals surface area contributed by atoms with Crippen LogP contribution in [-0.4, -0.2) is 16.2 Å². The zero-order valence-corrected chi connectivity index (χ0v) is 45.7. The lowest BCUT2D eigenvalue weighted by atomic mass is 9.92. The van der Waals surface area contributed by atoms with Gasteiger partial charge in [0.2, 0.25) is 0 Å². The van der Waals surface area contributed by atoms with E-state index in [0.29, 0.717) is 0 Å². The van der Waals surface area contributed by atoms with Crippen molar-refractivity contribution in [3.8, 4) is 61.3 Å². The van der Waals surface area contributed by atoms with Crippen molar-refractivity contribution in [2.75, 3.05) is 16.8 Å². The molecule has 0 N–H and O–H groups in total. The van der Waals surface area contributed by atoms with Gasteiger partial charge in [-0.15, -0.1) is 0 Å². The molecule has 15 rings (SSSR count). The number of benzene rings is 13. The van der Waals surface area contributed by atoms with Crippen LogP contribution in [0.15, 0.2) is 303 Å². The van der Waals surface area contributed by atoms with E-state index in [4.69, 9.17) is 0 Å². The third-order valence-corrected chi connectivity index (χ3v) is 16.7. The molecule has 4 heteroatoms. The average molecular weight is 1050 g/mol. The van der Waals surface area contributed by atoms with Gasteiger partial charge in [0.15, 0.2) is 0 Å². The first-order valence-electron chi connectivity index (χ1n) is 28.2. The second-order valence-electron chi connectivity index (χ2n) is 21.4. The summed E-state index contributed by atoms with van der Waals surface area (Å²) in [5.74, 6) is 0. The molecule has 4 nitrogen and oxygen atoms in total. The monoisotopic (exact) mass is 1050 g/mol. The fourth-order valence-corrected chi connectivity index (χ4v) is 12.7. The van der Waals surface area contributed by atoms with E-state index in [1.165, 1.54) is 104 Å². The van der Waals surface area contributed by atoms with E-state index in [-0.39, 0.29) is 0 Å². The minimum Gasteiger partial charge on any atom is -0.343 e. The highest BCUT2D eigenvalue weighted by Gasteiger charge is 2.22. The number of aromatic nitrogens is 2. The Kier molecular flexibility index (Phi) is 11.9. The standard InChI is InChI=1S/C78H56N4/c1-79(62-27-8-4-9-28-62)74-37-19-35-71-75-67-33-13-12-22-56(67)44-49-73(75)82(77(71)74)66-32-18-25-60(52-66)58-23-16-26-61(50-58)68-47-48-69(78-76(68)70-34-14-15-36-72(70)80(78)2)57-40-38-54(39-41-57)55-42-45-64(46-43-55)81(63-29-10-5-11-30-63)65-31-17-24-59(51-65)53-20-6-3-7-21-53/h3-52H,1-2H3. The number of hydrogen-bond donors (Lipinski definition) is 0. The molecule has 2 aromatic heterocycles. The molecular weight excluding hydrogens is 993 g/mol. The van der Waals surface area contributed by atoms with Crippen molar-refractivity contribution in [2.24, 2.45) is 7.05 Å². The number of nitrogens with zero attached hydrogens (tertiary/aromatic N) is 4. The van der Waals surface area contributed by atoms with Crippen LogP contribution in [0.3, 0.4) is 0 Å². The van der Waals surface area contributed by atoms with Crippen LogP contribution in [0, 0.1) is 0 Å². The van der Waals surface area contributed by atoms with Crippen LogP contribution in [0.25, 0.3) is 116 Å². The molecule has 0 saturated carbocycles. The average Bonchev–Trinajstić information content (AvgIpc) is 3.71. The van der Waals surface area contributed by atoms with Gasteiger partial charge in [0, 0.05) is 75.2 Å². The second-order valence-corrected chi connectivity index (χ2v) is 21.4. The Hall–Kier alpha value is -10.7. The number of hydrogen-bond acceptors (Lipinski definition) is 2. The summed E-state index contributed by atoms with van der Waals surface area (Å²) < 4.78 is 4.86. The summed E-state index contributed by atoms with van der Waals surface area (Å²) >= 11 is 0. The highest BCUT2D eigenvalue weighted by atomic mass is 15.1. The van der Waals surface area contributed by atoms with Crippen molar-refractivity contribution in [1.82, 2.24) is 9.13 Å². The maximum Gasteiger partial charge on any atom is 0.0778 e. The molecule has 2 heterocycles. The summed E-state index contributed by atoms with van der Waals surface area (Å²) in [5.41, 5.74) is 23.3. The predicted octanol–water partition coefficient (Wildman–Crippen LogP) is 21.2. The first-order chi connectivity index (χ1) is 40.5. The van der Waals surface area contributed by atoms with Crippen molar-refractivity contribution < 1.29 is 0 Å². The summed E-state index contributed by atoms with van der Waals surface area (Å²) in [7, 11) is 4.39. The summed E-state index contributed by atoms with van der Waals surface area (Å²) in [6, 6.07) is 111. The van der Waals surface area contributed by atoms with Crippen molar-refractivity contribution in [3.63, 3.8) is 0 Å². The van der Waals surface area contributed by atoms with Crippen molar-refractivity contribution in [2.45, 2.75) is 0 Å². The molecule has 0 spiro atoms. The maximum atomic E-state index is 2.48. The summed E-state index contributed by atoms with van der Waals surface area (Å²) in [6.07, 6.45) is 0. The van der Waals surface area contributed by atoms with E-state index < -0.39 is 0 Å². The van der Waals surface area contributed by atoms with Gasteiger partial charge in [0.25, 0.3) is 0 Å². The first-order valence-corrected chi connectivity index (χ1v) is 28.2.